The zero-order chi connectivity index (χ0) is 14.6. The van der Waals surface area contributed by atoms with Gasteiger partial charge in [0, 0.05) is 7.05 Å². The zero-order valence-electron chi connectivity index (χ0n) is 10.3. The first-order valence-corrected chi connectivity index (χ1v) is 5.75. The molecule has 0 spiro atoms. The second-order valence-corrected chi connectivity index (χ2v) is 4.33. The van der Waals surface area contributed by atoms with Crippen LogP contribution < -0.4 is 5.32 Å². The number of rotatable bonds is 7. The maximum absolute atomic E-state index is 12.7. The topological polar surface area (TPSA) is 39.1 Å². The van der Waals surface area contributed by atoms with Gasteiger partial charge in [-0.3, -0.25) is 4.68 Å². The van der Waals surface area contributed by atoms with E-state index in [0.717, 1.165) is 0 Å². The van der Waals surface area contributed by atoms with Crippen molar-refractivity contribution in [2.45, 2.75) is 18.4 Å². The van der Waals surface area contributed by atoms with E-state index in [1.807, 2.05) is 0 Å². The fraction of sp³-hybridized carbons (Fsp3) is 0.700. The van der Waals surface area contributed by atoms with Gasteiger partial charge in [0.1, 0.15) is 6.61 Å². The molecule has 0 aliphatic rings. The molecule has 0 saturated carbocycles. The van der Waals surface area contributed by atoms with E-state index in [2.05, 4.69) is 15.2 Å². The third-order valence-corrected chi connectivity index (χ3v) is 2.81. The summed E-state index contributed by atoms with van der Waals surface area (Å²) < 4.78 is 55.3. The van der Waals surface area contributed by atoms with E-state index in [0.29, 0.717) is 10.7 Å². The number of alkyl halides is 4. The lowest BCUT2D eigenvalue weighted by atomic mass is 10.2. The molecule has 19 heavy (non-hydrogen) atoms. The monoisotopic (exact) mass is 303 g/mol. The summed E-state index contributed by atoms with van der Waals surface area (Å²) in [5.41, 5.74) is 0.532. The van der Waals surface area contributed by atoms with Crippen molar-refractivity contribution in [3.63, 3.8) is 0 Å². The van der Waals surface area contributed by atoms with Crippen LogP contribution in [0.1, 0.15) is 11.7 Å². The second kappa shape index (κ2) is 6.53. The van der Waals surface area contributed by atoms with E-state index in [4.69, 9.17) is 11.6 Å². The number of halogens is 5. The van der Waals surface area contributed by atoms with Crippen LogP contribution in [0.4, 0.5) is 17.6 Å². The number of aromatic nitrogens is 2. The lowest BCUT2D eigenvalue weighted by molar-refractivity contribution is -0.167. The fourth-order valence-corrected chi connectivity index (χ4v) is 1.78. The Morgan fingerprint density at radius 1 is 1.53 bits per heavy atom. The molecule has 1 atom stereocenters. The molecule has 1 N–H and O–H groups in total. The van der Waals surface area contributed by atoms with Gasteiger partial charge in [0.2, 0.25) is 0 Å². The van der Waals surface area contributed by atoms with Gasteiger partial charge in [0.15, 0.2) is 0 Å². The van der Waals surface area contributed by atoms with Crippen LogP contribution in [0.25, 0.3) is 0 Å². The van der Waals surface area contributed by atoms with Crippen LogP contribution in [0.2, 0.25) is 5.02 Å². The highest BCUT2D eigenvalue weighted by Crippen LogP contribution is 2.25. The summed E-state index contributed by atoms with van der Waals surface area (Å²) in [4.78, 5) is 0. The number of likely N-dealkylation sites (N-methyl/N-ethyl adjacent to an activating group) is 1. The Morgan fingerprint density at radius 2 is 2.16 bits per heavy atom. The number of aryl methyl sites for hydroxylation is 1. The molecular formula is C10H14ClF4N3O. The van der Waals surface area contributed by atoms with Crippen LogP contribution in [-0.4, -0.2) is 42.4 Å². The van der Waals surface area contributed by atoms with Crippen molar-refractivity contribution in [3.05, 3.63) is 16.9 Å². The summed E-state index contributed by atoms with van der Waals surface area (Å²) in [6.45, 7) is -1.57. The largest absolute Gasteiger partial charge is 0.373 e. The third kappa shape index (κ3) is 4.05. The van der Waals surface area contributed by atoms with Gasteiger partial charge in [-0.05, 0) is 7.05 Å². The van der Waals surface area contributed by atoms with Gasteiger partial charge in [0.25, 0.3) is 0 Å². The zero-order valence-corrected chi connectivity index (χ0v) is 11.1. The maximum Gasteiger partial charge on any atom is 0.330 e. The molecule has 1 unspecified atom stereocenters. The molecule has 1 aromatic rings. The second-order valence-electron chi connectivity index (χ2n) is 3.92. The van der Waals surface area contributed by atoms with Gasteiger partial charge < -0.3 is 10.1 Å². The first-order valence-electron chi connectivity index (χ1n) is 5.38. The van der Waals surface area contributed by atoms with Crippen molar-refractivity contribution >= 4 is 11.6 Å². The number of hydrogen-bond donors (Lipinski definition) is 1. The highest BCUT2D eigenvalue weighted by atomic mass is 35.5. The molecule has 0 aromatic carbocycles. The molecule has 4 nitrogen and oxygen atoms in total. The first kappa shape index (κ1) is 16.2. The minimum atomic E-state index is -4.16. The average molecular weight is 304 g/mol. The Hall–Kier alpha value is -0.860. The minimum absolute atomic E-state index is 0.224. The minimum Gasteiger partial charge on any atom is -0.373 e. The lowest BCUT2D eigenvalue weighted by Gasteiger charge is -2.20. The summed E-state index contributed by atoms with van der Waals surface area (Å²) in [7, 11) is 3.20. The van der Waals surface area contributed by atoms with Gasteiger partial charge in [-0.15, -0.1) is 0 Å². The number of nitrogens with one attached hydrogen (secondary N) is 1. The van der Waals surface area contributed by atoms with Crippen molar-refractivity contribution in [2.24, 2.45) is 7.05 Å². The van der Waals surface area contributed by atoms with Crippen LogP contribution in [0.5, 0.6) is 0 Å². The maximum atomic E-state index is 12.7. The molecule has 9 heteroatoms. The Labute approximate surface area is 112 Å². The van der Waals surface area contributed by atoms with Crippen LogP contribution >= 0.6 is 11.6 Å². The van der Waals surface area contributed by atoms with E-state index in [1.165, 1.54) is 10.9 Å². The molecule has 0 amide bonds. The summed E-state index contributed by atoms with van der Waals surface area (Å²) >= 11 is 5.89. The summed E-state index contributed by atoms with van der Waals surface area (Å²) in [6.07, 6.45) is -2.35. The van der Waals surface area contributed by atoms with Gasteiger partial charge in [-0.1, -0.05) is 11.6 Å². The molecule has 0 radical (unpaired) electrons. The SMILES string of the molecule is CNC(COCC(F)(F)C(F)F)c1c(Cl)cnn1C. The van der Waals surface area contributed by atoms with Crippen LogP contribution in [0.15, 0.2) is 6.20 Å². The Morgan fingerprint density at radius 3 is 2.58 bits per heavy atom. The molecule has 0 aliphatic heterocycles. The van der Waals surface area contributed by atoms with Crippen LogP contribution in [-0.2, 0) is 11.8 Å². The van der Waals surface area contributed by atoms with Gasteiger partial charge >= 0.3 is 12.3 Å². The lowest BCUT2D eigenvalue weighted by Crippen LogP contribution is -2.34. The fourth-order valence-electron chi connectivity index (χ4n) is 1.49. The van der Waals surface area contributed by atoms with Gasteiger partial charge in [-0.2, -0.15) is 13.9 Å². The van der Waals surface area contributed by atoms with Crippen molar-refractivity contribution < 1.29 is 22.3 Å². The molecule has 0 saturated heterocycles. The highest BCUT2D eigenvalue weighted by molar-refractivity contribution is 6.31. The quantitative estimate of drug-likeness (QED) is 0.785. The first-order chi connectivity index (χ1) is 8.79. The van der Waals surface area contributed by atoms with Crippen molar-refractivity contribution in [3.8, 4) is 0 Å². The van der Waals surface area contributed by atoms with Gasteiger partial charge in [-0.25, -0.2) is 8.78 Å². The van der Waals surface area contributed by atoms with Crippen LogP contribution in [0.3, 0.4) is 0 Å². The van der Waals surface area contributed by atoms with Crippen molar-refractivity contribution in [2.75, 3.05) is 20.3 Å². The van der Waals surface area contributed by atoms with E-state index in [1.54, 1.807) is 14.1 Å². The summed E-state index contributed by atoms with van der Waals surface area (Å²) in [5, 5.41) is 7.03. The molecular weight excluding hydrogens is 290 g/mol. The molecule has 0 bridgehead atoms. The number of ether oxygens (including phenoxy) is 1. The summed E-state index contributed by atoms with van der Waals surface area (Å²) in [5.74, 6) is -4.16. The van der Waals surface area contributed by atoms with Gasteiger partial charge in [0.05, 0.1) is 29.6 Å². The third-order valence-electron chi connectivity index (χ3n) is 2.51. The molecule has 0 aliphatic carbocycles. The molecule has 0 fully saturated rings. The molecule has 110 valence electrons. The Kier molecular flexibility index (Phi) is 5.57. The predicted octanol–water partition coefficient (Wildman–Crippen LogP) is 2.25. The number of hydrogen-bond acceptors (Lipinski definition) is 3. The van der Waals surface area contributed by atoms with E-state index in [9.17, 15) is 17.6 Å². The Balaban J connectivity index is 2.60. The van der Waals surface area contributed by atoms with Crippen LogP contribution in [0, 0.1) is 0 Å². The molecule has 1 rings (SSSR count). The average Bonchev–Trinajstić information content (AvgIpc) is 2.65. The Bertz CT molecular complexity index is 394. The molecule has 1 heterocycles. The smallest absolute Gasteiger partial charge is 0.330 e. The number of nitrogens with zero attached hydrogens (tertiary/aromatic N) is 2. The predicted molar refractivity (Wildman–Crippen MR) is 61.8 cm³/mol. The standard InChI is InChI=1S/C10H14ClF4N3O/c1-16-7(8-6(11)3-17-18(8)2)4-19-5-10(14,15)9(12)13/h3,7,9,16H,4-5H2,1-2H3. The van der Waals surface area contributed by atoms with E-state index < -0.39 is 25.0 Å². The van der Waals surface area contributed by atoms with Crippen molar-refractivity contribution in [1.29, 1.82) is 0 Å². The van der Waals surface area contributed by atoms with E-state index >= 15 is 0 Å². The summed E-state index contributed by atoms with van der Waals surface area (Å²) in [6, 6.07) is -0.520. The molecule has 1 aromatic heterocycles. The van der Waals surface area contributed by atoms with Crippen molar-refractivity contribution in [1.82, 2.24) is 15.1 Å². The van der Waals surface area contributed by atoms with E-state index in [-0.39, 0.29) is 6.61 Å². The normalized spacial score (nSPS) is 14.1. The highest BCUT2D eigenvalue weighted by Gasteiger charge is 2.41.